The first-order chi connectivity index (χ1) is 9.31. The minimum atomic E-state index is 0.0245. The molecule has 5 heteroatoms. The van der Waals surface area contributed by atoms with Gasteiger partial charge in [0.1, 0.15) is 5.69 Å². The average molecular weight is 262 g/mol. The van der Waals surface area contributed by atoms with Crippen molar-refractivity contribution in [3.8, 4) is 0 Å². The minimum Gasteiger partial charge on any atom is -0.354 e. The van der Waals surface area contributed by atoms with Gasteiger partial charge in [-0.3, -0.25) is 4.79 Å². The third-order valence-electron chi connectivity index (χ3n) is 3.33. The van der Waals surface area contributed by atoms with E-state index in [4.69, 9.17) is 0 Å². The molecule has 0 radical (unpaired) electrons. The van der Waals surface area contributed by atoms with Crippen molar-refractivity contribution in [1.82, 2.24) is 14.9 Å². The maximum atomic E-state index is 12.2. The molecular formula is C14H22N4O. The number of carbonyl (C=O) groups is 1. The highest BCUT2D eigenvalue weighted by molar-refractivity contribution is 5.92. The second-order valence-electron chi connectivity index (χ2n) is 4.90. The molecule has 0 spiro atoms. The first kappa shape index (κ1) is 13.8. The van der Waals surface area contributed by atoms with Gasteiger partial charge in [-0.15, -0.1) is 0 Å². The standard InChI is InChI=1S/C14H22N4O/c1-2-3-4-8-15-14-16-9-7-12(17-14)13(19)18-10-5-6-11-18/h7,9H,2-6,8,10-11H2,1H3,(H,15,16,17). The lowest BCUT2D eigenvalue weighted by Gasteiger charge is -2.14. The lowest BCUT2D eigenvalue weighted by Crippen LogP contribution is -2.28. The SMILES string of the molecule is CCCCCNc1nccc(C(=O)N2CCCC2)n1. The van der Waals surface area contributed by atoms with Gasteiger partial charge in [-0.2, -0.15) is 0 Å². The number of likely N-dealkylation sites (tertiary alicyclic amines) is 1. The van der Waals surface area contributed by atoms with Gasteiger partial charge in [-0.25, -0.2) is 9.97 Å². The number of hydrogen-bond acceptors (Lipinski definition) is 4. The van der Waals surface area contributed by atoms with Gasteiger partial charge in [0.05, 0.1) is 0 Å². The molecule has 1 aliphatic rings. The quantitative estimate of drug-likeness (QED) is 0.799. The molecule has 2 heterocycles. The zero-order valence-electron chi connectivity index (χ0n) is 11.6. The van der Waals surface area contributed by atoms with E-state index in [0.29, 0.717) is 11.6 Å². The van der Waals surface area contributed by atoms with Crippen LogP contribution in [0.3, 0.4) is 0 Å². The average Bonchev–Trinajstić information content (AvgIpc) is 2.97. The first-order valence-corrected chi connectivity index (χ1v) is 7.17. The molecule has 5 nitrogen and oxygen atoms in total. The largest absolute Gasteiger partial charge is 0.354 e. The highest BCUT2D eigenvalue weighted by Crippen LogP contribution is 2.12. The topological polar surface area (TPSA) is 58.1 Å². The molecule has 1 fully saturated rings. The van der Waals surface area contributed by atoms with Crippen LogP contribution < -0.4 is 5.32 Å². The van der Waals surface area contributed by atoms with Gasteiger partial charge in [0.25, 0.3) is 5.91 Å². The summed E-state index contributed by atoms with van der Waals surface area (Å²) in [4.78, 5) is 22.5. The van der Waals surface area contributed by atoms with Gasteiger partial charge >= 0.3 is 0 Å². The summed E-state index contributed by atoms with van der Waals surface area (Å²) in [5, 5.41) is 3.17. The maximum Gasteiger partial charge on any atom is 0.272 e. The van der Waals surface area contributed by atoms with E-state index >= 15 is 0 Å². The van der Waals surface area contributed by atoms with Crippen molar-refractivity contribution in [2.24, 2.45) is 0 Å². The maximum absolute atomic E-state index is 12.2. The molecule has 2 rings (SSSR count). The van der Waals surface area contributed by atoms with E-state index in [1.54, 1.807) is 12.3 Å². The number of anilines is 1. The van der Waals surface area contributed by atoms with E-state index in [9.17, 15) is 4.79 Å². The van der Waals surface area contributed by atoms with Gasteiger partial charge in [0, 0.05) is 25.8 Å². The van der Waals surface area contributed by atoms with Crippen molar-refractivity contribution in [3.63, 3.8) is 0 Å². The lowest BCUT2D eigenvalue weighted by atomic mass is 10.2. The van der Waals surface area contributed by atoms with Crippen LogP contribution in [0.1, 0.15) is 49.5 Å². The Labute approximate surface area is 114 Å². The molecular weight excluding hydrogens is 240 g/mol. The fourth-order valence-corrected chi connectivity index (χ4v) is 2.22. The van der Waals surface area contributed by atoms with Crippen molar-refractivity contribution < 1.29 is 4.79 Å². The highest BCUT2D eigenvalue weighted by atomic mass is 16.2. The van der Waals surface area contributed by atoms with Gasteiger partial charge in [-0.05, 0) is 25.3 Å². The summed E-state index contributed by atoms with van der Waals surface area (Å²) in [7, 11) is 0. The molecule has 1 aliphatic heterocycles. The summed E-state index contributed by atoms with van der Waals surface area (Å²) in [5.74, 6) is 0.581. The fraction of sp³-hybridized carbons (Fsp3) is 0.643. The monoisotopic (exact) mass is 262 g/mol. The van der Waals surface area contributed by atoms with E-state index < -0.39 is 0 Å². The Morgan fingerprint density at radius 2 is 2.16 bits per heavy atom. The van der Waals surface area contributed by atoms with E-state index in [1.165, 1.54) is 12.8 Å². The molecule has 0 saturated carbocycles. The van der Waals surface area contributed by atoms with Crippen LogP contribution in [0, 0.1) is 0 Å². The Morgan fingerprint density at radius 1 is 1.37 bits per heavy atom. The molecule has 19 heavy (non-hydrogen) atoms. The summed E-state index contributed by atoms with van der Waals surface area (Å²) in [5.41, 5.74) is 0.495. The van der Waals surface area contributed by atoms with Gasteiger partial charge in [0.15, 0.2) is 0 Å². The number of nitrogens with zero attached hydrogens (tertiary/aromatic N) is 3. The summed E-state index contributed by atoms with van der Waals surface area (Å²) < 4.78 is 0. The number of hydrogen-bond donors (Lipinski definition) is 1. The van der Waals surface area contributed by atoms with E-state index in [-0.39, 0.29) is 5.91 Å². The second-order valence-corrected chi connectivity index (χ2v) is 4.90. The normalized spacial score (nSPS) is 14.7. The third kappa shape index (κ3) is 3.91. The molecule has 0 aliphatic carbocycles. The Bertz CT molecular complexity index is 416. The Balaban J connectivity index is 1.92. The summed E-state index contributed by atoms with van der Waals surface area (Å²) in [6.07, 6.45) is 7.33. The fourth-order valence-electron chi connectivity index (χ4n) is 2.22. The van der Waals surface area contributed by atoms with Crippen LogP contribution in [0.5, 0.6) is 0 Å². The number of amides is 1. The predicted molar refractivity (Wildman–Crippen MR) is 75.2 cm³/mol. The first-order valence-electron chi connectivity index (χ1n) is 7.17. The van der Waals surface area contributed by atoms with Crippen molar-refractivity contribution in [3.05, 3.63) is 18.0 Å². The molecule has 1 aromatic rings. The number of carbonyl (C=O) groups excluding carboxylic acids is 1. The van der Waals surface area contributed by atoms with Crippen molar-refractivity contribution in [2.45, 2.75) is 39.0 Å². The van der Waals surface area contributed by atoms with Gasteiger partial charge in [-0.1, -0.05) is 19.8 Å². The predicted octanol–water partition coefficient (Wildman–Crippen LogP) is 2.31. The Kier molecular flexibility index (Phi) is 5.12. The van der Waals surface area contributed by atoms with Gasteiger partial charge in [0.2, 0.25) is 5.95 Å². The van der Waals surface area contributed by atoms with Crippen LogP contribution in [-0.2, 0) is 0 Å². The number of unbranched alkanes of at least 4 members (excludes halogenated alkanes) is 2. The van der Waals surface area contributed by atoms with Crippen molar-refractivity contribution in [1.29, 1.82) is 0 Å². The second kappa shape index (κ2) is 7.07. The lowest BCUT2D eigenvalue weighted by molar-refractivity contribution is 0.0787. The van der Waals surface area contributed by atoms with E-state index in [1.807, 2.05) is 4.90 Å². The zero-order chi connectivity index (χ0) is 13.5. The number of nitrogens with one attached hydrogen (secondary N) is 1. The molecule has 0 unspecified atom stereocenters. The summed E-state index contributed by atoms with van der Waals surface area (Å²) in [6.45, 7) is 4.73. The number of aromatic nitrogens is 2. The molecule has 1 saturated heterocycles. The van der Waals surface area contributed by atoms with Crippen LogP contribution in [0.4, 0.5) is 5.95 Å². The Hall–Kier alpha value is -1.65. The molecule has 1 N–H and O–H groups in total. The van der Waals surface area contributed by atoms with Crippen LogP contribution in [0.2, 0.25) is 0 Å². The molecule has 1 aromatic heterocycles. The van der Waals surface area contributed by atoms with E-state index in [2.05, 4.69) is 22.2 Å². The van der Waals surface area contributed by atoms with Crippen molar-refractivity contribution >= 4 is 11.9 Å². The number of rotatable bonds is 6. The minimum absolute atomic E-state index is 0.0245. The molecule has 0 atom stereocenters. The molecule has 104 valence electrons. The van der Waals surface area contributed by atoms with Crippen molar-refractivity contribution in [2.75, 3.05) is 25.0 Å². The zero-order valence-corrected chi connectivity index (χ0v) is 11.6. The summed E-state index contributed by atoms with van der Waals surface area (Å²) in [6, 6.07) is 1.69. The van der Waals surface area contributed by atoms with Crippen LogP contribution >= 0.6 is 0 Å². The summed E-state index contributed by atoms with van der Waals surface area (Å²) >= 11 is 0. The smallest absolute Gasteiger partial charge is 0.272 e. The van der Waals surface area contributed by atoms with Crippen LogP contribution in [0.25, 0.3) is 0 Å². The Morgan fingerprint density at radius 3 is 2.89 bits per heavy atom. The highest BCUT2D eigenvalue weighted by Gasteiger charge is 2.20. The van der Waals surface area contributed by atoms with Crippen LogP contribution in [-0.4, -0.2) is 40.4 Å². The third-order valence-corrected chi connectivity index (χ3v) is 3.33. The van der Waals surface area contributed by atoms with Gasteiger partial charge < -0.3 is 10.2 Å². The van der Waals surface area contributed by atoms with E-state index in [0.717, 1.165) is 38.9 Å². The molecule has 0 aromatic carbocycles. The molecule has 0 bridgehead atoms. The van der Waals surface area contributed by atoms with Crippen LogP contribution in [0.15, 0.2) is 12.3 Å². The molecule has 1 amide bonds.